The highest BCUT2D eigenvalue weighted by Crippen LogP contribution is 2.46. The number of primary amides is 1. The summed E-state index contributed by atoms with van der Waals surface area (Å²) >= 11 is 0. The molecule has 2 aliphatic rings. The summed E-state index contributed by atoms with van der Waals surface area (Å²) in [5.41, 5.74) is 5.49. The fourth-order valence-electron chi connectivity index (χ4n) is 2.92. The second kappa shape index (κ2) is 3.48. The van der Waals surface area contributed by atoms with Crippen LogP contribution in [0.2, 0.25) is 0 Å². The smallest absolute Gasteiger partial charge is 0.236 e. The van der Waals surface area contributed by atoms with Gasteiger partial charge in [0.2, 0.25) is 11.8 Å². The van der Waals surface area contributed by atoms with E-state index in [1.54, 1.807) is 0 Å². The third-order valence-electron chi connectivity index (χ3n) is 3.64. The van der Waals surface area contributed by atoms with Crippen LogP contribution < -0.4 is 15.8 Å². The van der Waals surface area contributed by atoms with E-state index in [9.17, 15) is 9.59 Å². The molecule has 1 fully saturated rings. The first-order valence-electron chi connectivity index (χ1n) is 5.89. The van der Waals surface area contributed by atoms with Gasteiger partial charge in [-0.3, -0.25) is 9.59 Å². The normalized spacial score (nSPS) is 33.1. The Morgan fingerprint density at radius 2 is 2.22 bits per heavy atom. The number of rotatable bonds is 1. The molecule has 3 N–H and O–H groups in total. The number of carbonyl (C=O) groups is 2. The lowest BCUT2D eigenvalue weighted by atomic mass is 9.74. The van der Waals surface area contributed by atoms with Crippen molar-refractivity contribution in [1.82, 2.24) is 5.32 Å². The summed E-state index contributed by atoms with van der Waals surface area (Å²) in [6, 6.07) is 7.46. The average Bonchev–Trinajstić information content (AvgIpc) is 2.26. The largest absolute Gasteiger partial charge is 0.468 e. The standard InChI is InChI=1S/C13H14N2O3/c1-13-6-8(10(11(14)16)12(17)15-13)7-4-2-3-5-9(7)18-13/h2-5,8,10H,6H2,1H3,(H2,14,16)(H,15,17)/t8?,10?,13-/m1/s1. The molecular formula is C13H14N2O3. The predicted octanol–water partition coefficient (Wildman–Crippen LogP) is 0.500. The Hall–Kier alpha value is -2.04. The van der Waals surface area contributed by atoms with Gasteiger partial charge in [0.25, 0.3) is 0 Å². The third-order valence-corrected chi connectivity index (χ3v) is 3.64. The molecule has 0 aliphatic carbocycles. The molecule has 2 heterocycles. The van der Waals surface area contributed by atoms with Crippen LogP contribution in [0.15, 0.2) is 24.3 Å². The number of hydrogen-bond acceptors (Lipinski definition) is 3. The summed E-state index contributed by atoms with van der Waals surface area (Å²) < 4.78 is 5.80. The molecule has 2 bridgehead atoms. The van der Waals surface area contributed by atoms with Gasteiger partial charge in [-0.1, -0.05) is 18.2 Å². The Labute approximate surface area is 104 Å². The minimum Gasteiger partial charge on any atom is -0.468 e. The highest BCUT2D eigenvalue weighted by atomic mass is 16.5. The molecule has 0 radical (unpaired) electrons. The van der Waals surface area contributed by atoms with Crippen molar-refractivity contribution in [3.05, 3.63) is 29.8 Å². The van der Waals surface area contributed by atoms with E-state index in [1.807, 2.05) is 31.2 Å². The molecule has 0 aromatic heterocycles. The SMILES string of the molecule is C[C@]12CC(c3ccccc3O1)C(C(N)=O)C(=O)N2. The van der Waals surface area contributed by atoms with Crippen molar-refractivity contribution >= 4 is 11.8 Å². The third kappa shape index (κ3) is 1.47. The summed E-state index contributed by atoms with van der Waals surface area (Å²) in [6.07, 6.45) is 0.559. The van der Waals surface area contributed by atoms with Crippen LogP contribution in [0.4, 0.5) is 0 Å². The van der Waals surface area contributed by atoms with Crippen molar-refractivity contribution in [3.8, 4) is 5.75 Å². The van der Waals surface area contributed by atoms with Crippen molar-refractivity contribution in [2.45, 2.75) is 25.0 Å². The Balaban J connectivity index is 2.14. The number of fused-ring (bicyclic) bond motifs is 4. The first-order valence-corrected chi connectivity index (χ1v) is 5.89. The fourth-order valence-corrected chi connectivity index (χ4v) is 2.92. The monoisotopic (exact) mass is 246 g/mol. The molecule has 5 nitrogen and oxygen atoms in total. The summed E-state index contributed by atoms with van der Waals surface area (Å²) in [5.74, 6) is -1.25. The second-order valence-electron chi connectivity index (χ2n) is 5.05. The quantitative estimate of drug-likeness (QED) is 0.708. The van der Waals surface area contributed by atoms with Crippen molar-refractivity contribution in [3.63, 3.8) is 0 Å². The first-order chi connectivity index (χ1) is 8.50. The molecular weight excluding hydrogens is 232 g/mol. The topological polar surface area (TPSA) is 81.4 Å². The molecule has 3 rings (SSSR count). The van der Waals surface area contributed by atoms with Crippen LogP contribution in [0.5, 0.6) is 5.75 Å². The number of hydrogen-bond donors (Lipinski definition) is 2. The molecule has 1 saturated heterocycles. The van der Waals surface area contributed by atoms with Crippen molar-refractivity contribution in [1.29, 1.82) is 0 Å². The van der Waals surface area contributed by atoms with E-state index in [2.05, 4.69) is 5.32 Å². The lowest BCUT2D eigenvalue weighted by molar-refractivity contribution is -0.145. The van der Waals surface area contributed by atoms with Gasteiger partial charge in [-0.25, -0.2) is 0 Å². The van der Waals surface area contributed by atoms with Crippen LogP contribution in [-0.4, -0.2) is 17.5 Å². The number of benzene rings is 1. The maximum absolute atomic E-state index is 12.0. The molecule has 1 aromatic carbocycles. The Morgan fingerprint density at radius 1 is 1.50 bits per heavy atom. The molecule has 0 spiro atoms. The minimum absolute atomic E-state index is 0.203. The minimum atomic E-state index is -0.817. The zero-order valence-electron chi connectivity index (χ0n) is 9.97. The van der Waals surface area contributed by atoms with Gasteiger partial charge in [0.15, 0.2) is 5.72 Å². The van der Waals surface area contributed by atoms with E-state index in [1.165, 1.54) is 0 Å². The number of nitrogens with one attached hydrogen (secondary N) is 1. The van der Waals surface area contributed by atoms with Gasteiger partial charge >= 0.3 is 0 Å². The molecule has 2 amide bonds. The van der Waals surface area contributed by atoms with Crippen molar-refractivity contribution in [2.75, 3.05) is 0 Å². The van der Waals surface area contributed by atoms with E-state index >= 15 is 0 Å². The van der Waals surface area contributed by atoms with E-state index in [0.29, 0.717) is 12.2 Å². The molecule has 2 aliphatic heterocycles. The van der Waals surface area contributed by atoms with Crippen molar-refractivity contribution in [2.24, 2.45) is 11.7 Å². The van der Waals surface area contributed by atoms with Gasteiger partial charge in [0.05, 0.1) is 0 Å². The number of piperidine rings is 1. The van der Waals surface area contributed by atoms with Gasteiger partial charge in [-0.05, 0) is 18.6 Å². The maximum atomic E-state index is 12.0. The zero-order chi connectivity index (χ0) is 12.9. The van der Waals surface area contributed by atoms with E-state index in [0.717, 1.165) is 5.56 Å². The summed E-state index contributed by atoms with van der Waals surface area (Å²) in [5, 5.41) is 2.73. The number of carbonyl (C=O) groups excluding carboxylic acids is 2. The summed E-state index contributed by atoms with van der Waals surface area (Å²) in [4.78, 5) is 23.5. The average molecular weight is 246 g/mol. The van der Waals surface area contributed by atoms with Crippen LogP contribution in [0, 0.1) is 5.92 Å². The molecule has 3 atom stereocenters. The Bertz CT molecular complexity index is 543. The first kappa shape index (κ1) is 11.1. The van der Waals surface area contributed by atoms with E-state index in [-0.39, 0.29) is 11.8 Å². The molecule has 5 heteroatoms. The second-order valence-corrected chi connectivity index (χ2v) is 5.05. The molecule has 94 valence electrons. The van der Waals surface area contributed by atoms with Gasteiger partial charge in [0.1, 0.15) is 11.7 Å². The summed E-state index contributed by atoms with van der Waals surface area (Å²) in [7, 11) is 0. The molecule has 1 aromatic rings. The van der Waals surface area contributed by atoms with Crippen LogP contribution >= 0.6 is 0 Å². The number of para-hydroxylation sites is 1. The highest BCUT2D eigenvalue weighted by molar-refractivity contribution is 6.01. The Kier molecular flexibility index (Phi) is 2.14. The van der Waals surface area contributed by atoms with Crippen LogP contribution in [0.3, 0.4) is 0 Å². The number of ether oxygens (including phenoxy) is 1. The molecule has 2 unspecified atom stereocenters. The zero-order valence-corrected chi connectivity index (χ0v) is 9.97. The lowest BCUT2D eigenvalue weighted by Gasteiger charge is -2.46. The van der Waals surface area contributed by atoms with Gasteiger partial charge < -0.3 is 15.8 Å². The molecule has 0 saturated carbocycles. The Morgan fingerprint density at radius 3 is 2.94 bits per heavy atom. The molecule has 18 heavy (non-hydrogen) atoms. The highest BCUT2D eigenvalue weighted by Gasteiger charge is 2.50. The fraction of sp³-hybridized carbons (Fsp3) is 0.385. The van der Waals surface area contributed by atoms with Crippen LogP contribution in [0.1, 0.15) is 24.8 Å². The van der Waals surface area contributed by atoms with Gasteiger partial charge in [0, 0.05) is 12.3 Å². The van der Waals surface area contributed by atoms with E-state index in [4.69, 9.17) is 10.5 Å². The lowest BCUT2D eigenvalue weighted by Crippen LogP contribution is -2.62. The predicted molar refractivity (Wildman–Crippen MR) is 63.7 cm³/mol. The van der Waals surface area contributed by atoms with Gasteiger partial charge in [-0.2, -0.15) is 0 Å². The maximum Gasteiger partial charge on any atom is 0.236 e. The van der Waals surface area contributed by atoms with Crippen molar-refractivity contribution < 1.29 is 14.3 Å². The van der Waals surface area contributed by atoms with Gasteiger partial charge in [-0.15, -0.1) is 0 Å². The summed E-state index contributed by atoms with van der Waals surface area (Å²) in [6.45, 7) is 1.81. The number of nitrogens with two attached hydrogens (primary N) is 1. The van der Waals surface area contributed by atoms with E-state index < -0.39 is 17.6 Å². The van der Waals surface area contributed by atoms with Crippen LogP contribution in [-0.2, 0) is 9.59 Å². The number of amides is 2. The van der Waals surface area contributed by atoms with Crippen LogP contribution in [0.25, 0.3) is 0 Å².